The molecule has 2 rings (SSSR count). The van der Waals surface area contributed by atoms with Crippen LogP contribution in [0.25, 0.3) is 0 Å². The van der Waals surface area contributed by atoms with E-state index in [1.165, 1.54) is 0 Å². The largest absolute Gasteiger partial charge is 0.465 e. The van der Waals surface area contributed by atoms with E-state index in [0.717, 1.165) is 12.8 Å². The van der Waals surface area contributed by atoms with Gasteiger partial charge >= 0.3 is 5.97 Å². The third kappa shape index (κ3) is 0.797. The highest BCUT2D eigenvalue weighted by Gasteiger charge is 2.45. The second kappa shape index (κ2) is 2.22. The molecule has 0 N–H and O–H groups in total. The lowest BCUT2D eigenvalue weighted by Crippen LogP contribution is -2.13. The zero-order valence-electron chi connectivity index (χ0n) is 5.55. The quantitative estimate of drug-likeness (QED) is 0.440. The number of rotatable bonds is 0. The molecule has 0 aromatic rings. The first kappa shape index (κ1) is 6.65. The van der Waals surface area contributed by atoms with Crippen LogP contribution >= 0.6 is 15.9 Å². The highest BCUT2D eigenvalue weighted by atomic mass is 79.9. The molecule has 2 aliphatic rings. The standard InChI is InChI=1S/C7H9BrO2/c8-6-2-1-4-5(6)3-10-7(4)9/h4-6H,1-3H2/t4-,5-,6-/m1/s1. The molecule has 0 bridgehead atoms. The van der Waals surface area contributed by atoms with Crippen molar-refractivity contribution in [3.8, 4) is 0 Å². The smallest absolute Gasteiger partial charge is 0.309 e. The third-order valence-electron chi connectivity index (χ3n) is 2.46. The van der Waals surface area contributed by atoms with Crippen LogP contribution in [-0.4, -0.2) is 17.4 Å². The van der Waals surface area contributed by atoms with Crippen LogP contribution in [0.5, 0.6) is 0 Å². The number of ether oxygens (including phenoxy) is 1. The molecule has 3 heteroatoms. The average molecular weight is 205 g/mol. The minimum atomic E-state index is 0.0203. The lowest BCUT2D eigenvalue weighted by Gasteiger charge is -2.05. The monoisotopic (exact) mass is 204 g/mol. The van der Waals surface area contributed by atoms with E-state index >= 15 is 0 Å². The summed E-state index contributed by atoms with van der Waals surface area (Å²) in [4.78, 5) is 11.5. The summed E-state index contributed by atoms with van der Waals surface area (Å²) in [6.07, 6.45) is 2.14. The first-order valence-corrected chi connectivity index (χ1v) is 4.51. The maximum absolute atomic E-state index is 11.0. The Hall–Kier alpha value is -0.0500. The Bertz CT molecular complexity index is 169. The number of carbonyl (C=O) groups excluding carboxylic acids is 1. The molecule has 1 saturated carbocycles. The molecular formula is C7H9BrO2. The van der Waals surface area contributed by atoms with Gasteiger partial charge in [-0.25, -0.2) is 0 Å². The fourth-order valence-corrected chi connectivity index (χ4v) is 2.60. The lowest BCUT2D eigenvalue weighted by molar-refractivity contribution is -0.141. The summed E-state index contributed by atoms with van der Waals surface area (Å²) in [6, 6.07) is 0. The van der Waals surface area contributed by atoms with Gasteiger partial charge in [0.1, 0.15) is 0 Å². The summed E-state index contributed by atoms with van der Waals surface area (Å²) < 4.78 is 4.92. The highest BCUT2D eigenvalue weighted by Crippen LogP contribution is 2.41. The SMILES string of the molecule is O=C1OC[C@H]2[C@H](Br)CC[C@@H]12. The molecule has 3 atom stereocenters. The highest BCUT2D eigenvalue weighted by molar-refractivity contribution is 9.09. The van der Waals surface area contributed by atoms with Crippen molar-refractivity contribution < 1.29 is 9.53 Å². The van der Waals surface area contributed by atoms with Gasteiger partial charge in [-0.1, -0.05) is 15.9 Å². The number of cyclic esters (lactones) is 1. The summed E-state index contributed by atoms with van der Waals surface area (Å²) in [7, 11) is 0. The minimum absolute atomic E-state index is 0.0203. The van der Waals surface area contributed by atoms with Gasteiger partial charge in [0.15, 0.2) is 0 Å². The number of esters is 1. The number of hydrogen-bond donors (Lipinski definition) is 0. The first-order valence-electron chi connectivity index (χ1n) is 3.60. The Balaban J connectivity index is 2.16. The van der Waals surface area contributed by atoms with Crippen LogP contribution in [0.3, 0.4) is 0 Å². The van der Waals surface area contributed by atoms with Crippen LogP contribution in [0.4, 0.5) is 0 Å². The van der Waals surface area contributed by atoms with E-state index < -0.39 is 0 Å². The Morgan fingerprint density at radius 1 is 1.50 bits per heavy atom. The van der Waals surface area contributed by atoms with E-state index in [2.05, 4.69) is 15.9 Å². The number of hydrogen-bond acceptors (Lipinski definition) is 2. The minimum Gasteiger partial charge on any atom is -0.465 e. The zero-order valence-corrected chi connectivity index (χ0v) is 7.13. The molecule has 2 fully saturated rings. The molecule has 0 aromatic heterocycles. The van der Waals surface area contributed by atoms with Crippen molar-refractivity contribution in [2.45, 2.75) is 17.7 Å². The maximum atomic E-state index is 11.0. The third-order valence-corrected chi connectivity index (χ3v) is 3.59. The molecule has 0 unspecified atom stereocenters. The van der Waals surface area contributed by atoms with Crippen molar-refractivity contribution in [1.29, 1.82) is 0 Å². The van der Waals surface area contributed by atoms with Gasteiger partial charge in [-0.15, -0.1) is 0 Å². The predicted octanol–water partition coefficient (Wildman–Crippen LogP) is 1.33. The number of alkyl halides is 1. The van der Waals surface area contributed by atoms with Crippen molar-refractivity contribution >= 4 is 21.9 Å². The number of carbonyl (C=O) groups is 1. The maximum Gasteiger partial charge on any atom is 0.309 e. The summed E-state index contributed by atoms with van der Waals surface area (Å²) in [6.45, 7) is 0.638. The Morgan fingerprint density at radius 3 is 3.00 bits per heavy atom. The van der Waals surface area contributed by atoms with E-state index in [1.54, 1.807) is 0 Å². The Labute approximate surface area is 68.1 Å². The number of fused-ring (bicyclic) bond motifs is 1. The molecule has 1 saturated heterocycles. The fourth-order valence-electron chi connectivity index (χ4n) is 1.82. The summed E-state index contributed by atoms with van der Waals surface area (Å²) >= 11 is 3.54. The second-order valence-electron chi connectivity index (χ2n) is 2.99. The summed E-state index contributed by atoms with van der Waals surface area (Å²) in [5.74, 6) is 0.698. The van der Waals surface area contributed by atoms with Gasteiger partial charge in [-0.05, 0) is 12.8 Å². The van der Waals surface area contributed by atoms with Crippen LogP contribution in [0.1, 0.15) is 12.8 Å². The van der Waals surface area contributed by atoms with Gasteiger partial charge in [0.05, 0.1) is 12.5 Å². The zero-order chi connectivity index (χ0) is 7.14. The molecular weight excluding hydrogens is 196 g/mol. The predicted molar refractivity (Wildman–Crippen MR) is 39.9 cm³/mol. The van der Waals surface area contributed by atoms with Crippen LogP contribution in [-0.2, 0) is 9.53 Å². The lowest BCUT2D eigenvalue weighted by atomic mass is 10.0. The summed E-state index contributed by atoms with van der Waals surface area (Å²) in [5, 5.41) is 0. The molecule has 1 aliphatic heterocycles. The van der Waals surface area contributed by atoms with Crippen LogP contribution in [0, 0.1) is 11.8 Å². The van der Waals surface area contributed by atoms with Gasteiger partial charge in [-0.3, -0.25) is 4.79 Å². The van der Waals surface area contributed by atoms with Crippen molar-refractivity contribution in [2.75, 3.05) is 6.61 Å². The normalized spacial score (nSPS) is 45.3. The molecule has 0 radical (unpaired) electrons. The van der Waals surface area contributed by atoms with Gasteiger partial charge in [0.25, 0.3) is 0 Å². The topological polar surface area (TPSA) is 26.3 Å². The van der Waals surface area contributed by atoms with Crippen molar-refractivity contribution in [3.63, 3.8) is 0 Å². The van der Waals surface area contributed by atoms with E-state index in [-0.39, 0.29) is 11.9 Å². The molecule has 0 amide bonds. The van der Waals surface area contributed by atoms with E-state index in [4.69, 9.17) is 4.74 Å². The molecule has 10 heavy (non-hydrogen) atoms. The molecule has 2 nitrogen and oxygen atoms in total. The molecule has 1 aliphatic carbocycles. The molecule has 56 valence electrons. The van der Waals surface area contributed by atoms with Crippen LogP contribution in [0.15, 0.2) is 0 Å². The molecule has 0 aromatic carbocycles. The van der Waals surface area contributed by atoms with Gasteiger partial charge in [0.2, 0.25) is 0 Å². The fraction of sp³-hybridized carbons (Fsp3) is 0.857. The van der Waals surface area contributed by atoms with Gasteiger partial charge in [0, 0.05) is 10.7 Å². The Kier molecular flexibility index (Phi) is 1.48. The van der Waals surface area contributed by atoms with E-state index in [0.29, 0.717) is 17.4 Å². The average Bonchev–Trinajstić information content (AvgIpc) is 2.41. The van der Waals surface area contributed by atoms with Crippen molar-refractivity contribution in [1.82, 2.24) is 0 Å². The van der Waals surface area contributed by atoms with E-state index in [9.17, 15) is 4.79 Å². The molecule has 0 spiro atoms. The number of halogens is 1. The van der Waals surface area contributed by atoms with E-state index in [1.807, 2.05) is 0 Å². The van der Waals surface area contributed by atoms with Gasteiger partial charge in [-0.2, -0.15) is 0 Å². The van der Waals surface area contributed by atoms with Crippen LogP contribution in [0.2, 0.25) is 0 Å². The van der Waals surface area contributed by atoms with Gasteiger partial charge < -0.3 is 4.74 Å². The molecule has 1 heterocycles. The second-order valence-corrected chi connectivity index (χ2v) is 4.17. The first-order chi connectivity index (χ1) is 4.79. The Morgan fingerprint density at radius 2 is 2.30 bits per heavy atom. The van der Waals surface area contributed by atoms with Crippen molar-refractivity contribution in [3.05, 3.63) is 0 Å². The van der Waals surface area contributed by atoms with Crippen LogP contribution < -0.4 is 0 Å². The van der Waals surface area contributed by atoms with Crippen molar-refractivity contribution in [2.24, 2.45) is 11.8 Å². The summed E-state index contributed by atoms with van der Waals surface area (Å²) in [5.41, 5.74) is 0.